The number of allylic oxidation sites excluding steroid dienone is 4. The number of ether oxygens (including phenoxy) is 3. The molecule has 1 unspecified atom stereocenters. The Kier molecular flexibility index (Phi) is 29.1. The quantitative estimate of drug-likeness (QED) is 0.0378. The summed E-state index contributed by atoms with van der Waals surface area (Å²) in [6.07, 6.45) is 31.8. The Bertz CT molecular complexity index is 1360. The van der Waals surface area contributed by atoms with E-state index in [4.69, 9.17) is 14.2 Å². The summed E-state index contributed by atoms with van der Waals surface area (Å²) in [5, 5.41) is 0. The third-order valence-corrected chi connectivity index (χ3v) is 14.9. The fourth-order valence-electron chi connectivity index (χ4n) is 11.0. The lowest BCUT2D eigenvalue weighted by atomic mass is 9.60. The highest BCUT2D eigenvalue weighted by molar-refractivity contribution is 5.71. The molecule has 0 aromatic carbocycles. The topological polar surface area (TPSA) is 82.1 Å². The largest absolute Gasteiger partial charge is 0.466 e. The second-order valence-corrected chi connectivity index (χ2v) is 21.7. The molecular weight excluding hydrogens is 795 g/mol. The highest BCUT2D eigenvalue weighted by atomic mass is 16.5. The van der Waals surface area contributed by atoms with Crippen LogP contribution in [0.15, 0.2) is 35.5 Å². The maximum absolute atomic E-state index is 13.3. The standard InChI is InChI=1S/C56H97NO6.CH4/c1-43(2)22-16-12-10-14-18-40-61-53(58)33-37-57(38-34-54(59)62-41-19-15-11-13-17-23-44(3)4)39-35-55(60)63-50-30-27-46(7)49(42-50)29-28-48-26-21-36-56(9)51(31-32-52(48)56)47(8)25-20-24-45(5)6;/h28-29,43-45,47,50-52H,7,10-27,30-42H2,1-6,8-9H3;1H4/b48-28+,49-29+;/t47-,50+,51-,52?,56-;/m1./s1. The lowest BCUT2D eigenvalue weighted by Gasteiger charge is -2.44. The Morgan fingerprint density at radius 2 is 1.17 bits per heavy atom. The van der Waals surface area contributed by atoms with Gasteiger partial charge in [-0.25, -0.2) is 0 Å². The highest BCUT2D eigenvalue weighted by Crippen LogP contribution is 2.60. The summed E-state index contributed by atoms with van der Waals surface area (Å²) in [5.41, 5.74) is 4.39. The van der Waals surface area contributed by atoms with Crippen molar-refractivity contribution >= 4 is 17.9 Å². The van der Waals surface area contributed by atoms with Crippen molar-refractivity contribution < 1.29 is 28.6 Å². The van der Waals surface area contributed by atoms with Crippen molar-refractivity contribution in [2.45, 2.75) is 236 Å². The monoisotopic (exact) mass is 896 g/mol. The Labute approximate surface area is 395 Å². The maximum Gasteiger partial charge on any atom is 0.307 e. The summed E-state index contributed by atoms with van der Waals surface area (Å²) in [5.74, 6) is 3.86. The van der Waals surface area contributed by atoms with Crippen molar-refractivity contribution in [1.82, 2.24) is 4.90 Å². The fourth-order valence-corrected chi connectivity index (χ4v) is 11.0. The Hall–Kier alpha value is -2.41. The van der Waals surface area contributed by atoms with Crippen LogP contribution < -0.4 is 0 Å². The first kappa shape index (κ1) is 57.7. The first-order valence-electron chi connectivity index (χ1n) is 26.5. The number of unbranched alkanes of at least 4 members (excludes halogenated alkanes) is 8. The third kappa shape index (κ3) is 22.9. The van der Waals surface area contributed by atoms with Gasteiger partial charge >= 0.3 is 17.9 Å². The summed E-state index contributed by atoms with van der Waals surface area (Å²) in [7, 11) is 0. The van der Waals surface area contributed by atoms with Gasteiger partial charge in [0, 0.05) is 26.1 Å². The lowest BCUT2D eigenvalue weighted by Crippen LogP contribution is -2.36. The molecule has 0 aromatic heterocycles. The molecule has 0 aliphatic heterocycles. The first-order chi connectivity index (χ1) is 30.2. The Balaban J connectivity index is 0.0000141. The molecule has 7 nitrogen and oxygen atoms in total. The van der Waals surface area contributed by atoms with Gasteiger partial charge in [0.05, 0.1) is 32.5 Å². The van der Waals surface area contributed by atoms with Gasteiger partial charge in [0.15, 0.2) is 0 Å². The average molecular weight is 896 g/mol. The summed E-state index contributed by atoms with van der Waals surface area (Å²) in [4.78, 5) is 40.8. The van der Waals surface area contributed by atoms with Crippen molar-refractivity contribution in [2.75, 3.05) is 32.8 Å². The predicted molar refractivity (Wildman–Crippen MR) is 269 cm³/mol. The van der Waals surface area contributed by atoms with Gasteiger partial charge in [-0.15, -0.1) is 0 Å². The van der Waals surface area contributed by atoms with E-state index < -0.39 is 0 Å². The van der Waals surface area contributed by atoms with Gasteiger partial charge in [-0.1, -0.05) is 176 Å². The van der Waals surface area contributed by atoms with Crippen molar-refractivity contribution in [2.24, 2.45) is 40.9 Å². The number of carbonyl (C=O) groups excluding carboxylic acids is 3. The zero-order valence-electron chi connectivity index (χ0n) is 42.2. The second-order valence-electron chi connectivity index (χ2n) is 21.7. The van der Waals surface area contributed by atoms with Gasteiger partial charge in [0.1, 0.15) is 6.10 Å². The summed E-state index contributed by atoms with van der Waals surface area (Å²) in [6, 6.07) is 0. The molecule has 7 heteroatoms. The molecule has 64 heavy (non-hydrogen) atoms. The van der Waals surface area contributed by atoms with Crippen LogP contribution >= 0.6 is 0 Å². The van der Waals surface area contributed by atoms with Gasteiger partial charge in [-0.2, -0.15) is 0 Å². The number of rotatable bonds is 32. The molecule has 3 saturated carbocycles. The summed E-state index contributed by atoms with van der Waals surface area (Å²) in [6.45, 7) is 25.4. The first-order valence-corrected chi connectivity index (χ1v) is 26.5. The van der Waals surface area contributed by atoms with Crippen LogP contribution in [0.25, 0.3) is 0 Å². The van der Waals surface area contributed by atoms with E-state index in [1.165, 1.54) is 108 Å². The van der Waals surface area contributed by atoms with Crippen LogP contribution in [-0.4, -0.2) is 61.8 Å². The molecule has 370 valence electrons. The molecule has 0 bridgehead atoms. The van der Waals surface area contributed by atoms with Gasteiger partial charge < -0.3 is 19.1 Å². The minimum atomic E-state index is -0.232. The van der Waals surface area contributed by atoms with Gasteiger partial charge in [0.25, 0.3) is 0 Å². The van der Waals surface area contributed by atoms with Crippen molar-refractivity contribution in [3.8, 4) is 0 Å². The molecule has 0 aromatic rings. The molecule has 0 amide bonds. The molecular formula is C57H101NO6. The van der Waals surface area contributed by atoms with Crippen molar-refractivity contribution in [1.29, 1.82) is 0 Å². The van der Waals surface area contributed by atoms with Crippen LogP contribution in [0.1, 0.15) is 230 Å². The molecule has 0 heterocycles. The van der Waals surface area contributed by atoms with Crippen molar-refractivity contribution in [3.63, 3.8) is 0 Å². The predicted octanol–water partition coefficient (Wildman–Crippen LogP) is 15.4. The van der Waals surface area contributed by atoms with E-state index in [1.54, 1.807) is 5.57 Å². The number of nitrogens with zero attached hydrogens (tertiary/aromatic N) is 1. The smallest absolute Gasteiger partial charge is 0.307 e. The van der Waals surface area contributed by atoms with E-state index in [9.17, 15) is 14.4 Å². The minimum absolute atomic E-state index is 0. The van der Waals surface area contributed by atoms with E-state index in [2.05, 4.69) is 74.1 Å². The summed E-state index contributed by atoms with van der Waals surface area (Å²) >= 11 is 0. The minimum Gasteiger partial charge on any atom is -0.466 e. The van der Waals surface area contributed by atoms with Gasteiger partial charge in [-0.05, 0) is 104 Å². The van der Waals surface area contributed by atoms with E-state index in [1.807, 2.05) is 4.90 Å². The van der Waals surface area contributed by atoms with E-state index >= 15 is 0 Å². The maximum atomic E-state index is 13.3. The lowest BCUT2D eigenvalue weighted by molar-refractivity contribution is -0.149. The third-order valence-electron chi connectivity index (χ3n) is 14.9. The van der Waals surface area contributed by atoms with Gasteiger partial charge in [-0.3, -0.25) is 14.4 Å². The average Bonchev–Trinajstić information content (AvgIpc) is 3.59. The number of hydrogen-bond donors (Lipinski definition) is 0. The van der Waals surface area contributed by atoms with Crippen LogP contribution in [0.2, 0.25) is 0 Å². The molecule has 3 aliphatic rings. The Morgan fingerprint density at radius 3 is 1.73 bits per heavy atom. The molecule has 0 N–H and O–H groups in total. The number of carbonyl (C=O) groups is 3. The normalized spacial score (nSPS) is 22.9. The van der Waals surface area contributed by atoms with Crippen LogP contribution in [0.4, 0.5) is 0 Å². The SMILES string of the molecule is C.C=C1CC[C@H](OC(=O)CCN(CCC(=O)OCCCCCCCC(C)C)CCC(=O)OCCCCCCCC(C)C)C/C1=C\C=C1/CCC[C@@]2(C)C1CC[C@@H]2[C@H](C)CCCC(C)C. The number of esters is 3. The molecule has 5 atom stereocenters. The second kappa shape index (κ2) is 32.3. The van der Waals surface area contributed by atoms with Crippen LogP contribution in [0, 0.1) is 40.9 Å². The van der Waals surface area contributed by atoms with Crippen LogP contribution in [-0.2, 0) is 28.6 Å². The van der Waals surface area contributed by atoms with E-state index in [-0.39, 0.29) is 50.7 Å². The van der Waals surface area contributed by atoms with E-state index in [0.29, 0.717) is 50.6 Å². The van der Waals surface area contributed by atoms with E-state index in [0.717, 1.165) is 73.7 Å². The zero-order valence-corrected chi connectivity index (χ0v) is 42.2. The highest BCUT2D eigenvalue weighted by Gasteiger charge is 2.50. The number of hydrogen-bond acceptors (Lipinski definition) is 7. The molecule has 3 fully saturated rings. The van der Waals surface area contributed by atoms with Crippen LogP contribution in [0.5, 0.6) is 0 Å². The molecule has 0 radical (unpaired) electrons. The van der Waals surface area contributed by atoms with Crippen LogP contribution in [0.3, 0.4) is 0 Å². The van der Waals surface area contributed by atoms with Crippen molar-refractivity contribution in [3.05, 3.63) is 35.5 Å². The fraction of sp³-hybridized carbons (Fsp3) is 0.842. The van der Waals surface area contributed by atoms with Gasteiger partial charge in [0.2, 0.25) is 0 Å². The Morgan fingerprint density at radius 1 is 0.656 bits per heavy atom. The molecule has 0 saturated heterocycles. The molecule has 3 aliphatic carbocycles. The molecule has 0 spiro atoms. The number of fused-ring (bicyclic) bond motifs is 1. The molecule has 3 rings (SSSR count). The zero-order chi connectivity index (χ0) is 46.0. The summed E-state index contributed by atoms with van der Waals surface area (Å²) < 4.78 is 17.3.